The number of halogens is 3. The van der Waals surface area contributed by atoms with Gasteiger partial charge < -0.3 is 10.0 Å². The van der Waals surface area contributed by atoms with Gasteiger partial charge in [-0.15, -0.1) is 10.2 Å². The Kier molecular flexibility index (Phi) is 4.98. The molecule has 1 fully saturated rings. The molecule has 10 heteroatoms. The summed E-state index contributed by atoms with van der Waals surface area (Å²) < 4.78 is 39.3. The molecule has 1 aliphatic heterocycles. The normalized spacial score (nSPS) is 17.9. The van der Waals surface area contributed by atoms with Crippen LogP contribution < -0.4 is 0 Å². The van der Waals surface area contributed by atoms with Crippen LogP contribution in [-0.4, -0.2) is 66.7 Å². The Labute approximate surface area is 158 Å². The Balaban J connectivity index is 1.49. The second-order valence-electron chi connectivity index (χ2n) is 6.92. The van der Waals surface area contributed by atoms with Crippen molar-refractivity contribution in [3.63, 3.8) is 0 Å². The number of aliphatic hydroxyl groups is 1. The van der Waals surface area contributed by atoms with E-state index in [1.807, 2.05) is 24.3 Å². The maximum atomic E-state index is 12.5. The first-order valence-corrected chi connectivity index (χ1v) is 9.02. The molecule has 0 radical (unpaired) electrons. The van der Waals surface area contributed by atoms with Gasteiger partial charge in [-0.2, -0.15) is 22.8 Å². The van der Waals surface area contributed by atoms with Gasteiger partial charge >= 0.3 is 6.18 Å². The average molecular weight is 392 g/mol. The van der Waals surface area contributed by atoms with Crippen LogP contribution >= 0.6 is 0 Å². The first-order chi connectivity index (χ1) is 13.4. The molecule has 148 valence electrons. The summed E-state index contributed by atoms with van der Waals surface area (Å²) in [6.07, 6.45) is -2.24. The van der Waals surface area contributed by atoms with Gasteiger partial charge in [0.05, 0.1) is 5.69 Å². The third-order valence-corrected chi connectivity index (χ3v) is 5.01. The minimum Gasteiger partial charge on any atom is -0.382 e. The molecular weight excluding hydrogens is 373 g/mol. The van der Waals surface area contributed by atoms with Crippen molar-refractivity contribution in [3.05, 3.63) is 42.5 Å². The molecule has 0 saturated carbocycles. The van der Waals surface area contributed by atoms with Crippen molar-refractivity contribution in [2.24, 2.45) is 0 Å². The quantitative estimate of drug-likeness (QED) is 0.734. The van der Waals surface area contributed by atoms with Gasteiger partial charge in [-0.1, -0.05) is 0 Å². The molecule has 0 amide bonds. The van der Waals surface area contributed by atoms with E-state index in [9.17, 15) is 18.3 Å². The van der Waals surface area contributed by atoms with Crippen molar-refractivity contribution in [1.82, 2.24) is 29.7 Å². The molecule has 1 N–H and O–H groups in total. The molecule has 7 nitrogen and oxygen atoms in total. The minimum absolute atomic E-state index is 0.0472. The molecule has 3 aromatic heterocycles. The van der Waals surface area contributed by atoms with Crippen molar-refractivity contribution in [2.75, 3.05) is 19.6 Å². The highest BCUT2D eigenvalue weighted by Crippen LogP contribution is 2.29. The second kappa shape index (κ2) is 7.44. The zero-order valence-corrected chi connectivity index (χ0v) is 14.9. The van der Waals surface area contributed by atoms with Crippen molar-refractivity contribution < 1.29 is 18.3 Å². The van der Waals surface area contributed by atoms with Gasteiger partial charge in [-0.3, -0.25) is 4.98 Å². The maximum absolute atomic E-state index is 12.5. The lowest BCUT2D eigenvalue weighted by Crippen LogP contribution is -2.44. The molecule has 28 heavy (non-hydrogen) atoms. The highest BCUT2D eigenvalue weighted by Gasteiger charge is 2.39. The number of likely N-dealkylation sites (tertiary alicyclic amines) is 1. The maximum Gasteiger partial charge on any atom is 0.415 e. The highest BCUT2D eigenvalue weighted by molar-refractivity contribution is 5.58. The van der Waals surface area contributed by atoms with Crippen LogP contribution in [0.4, 0.5) is 13.2 Å². The molecule has 1 aliphatic rings. The second-order valence-corrected chi connectivity index (χ2v) is 6.92. The Morgan fingerprint density at radius 2 is 1.93 bits per heavy atom. The van der Waals surface area contributed by atoms with E-state index in [4.69, 9.17) is 0 Å². The molecule has 0 aromatic carbocycles. The van der Waals surface area contributed by atoms with E-state index in [1.165, 1.54) is 0 Å². The van der Waals surface area contributed by atoms with Crippen LogP contribution in [0, 0.1) is 0 Å². The van der Waals surface area contributed by atoms with E-state index < -0.39 is 18.8 Å². The number of β-amino-alcohol motifs (C(OH)–C–C–N with tert-alkyl or cyclic N) is 1. The van der Waals surface area contributed by atoms with Crippen molar-refractivity contribution in [3.8, 4) is 11.3 Å². The number of fused-ring (bicyclic) bond motifs is 1. The van der Waals surface area contributed by atoms with Gasteiger partial charge in [0.15, 0.2) is 17.6 Å². The smallest absolute Gasteiger partial charge is 0.382 e. The summed E-state index contributed by atoms with van der Waals surface area (Å²) in [4.78, 5) is 5.73. The number of pyridine rings is 1. The van der Waals surface area contributed by atoms with E-state index in [0.29, 0.717) is 37.4 Å². The van der Waals surface area contributed by atoms with Gasteiger partial charge in [0.25, 0.3) is 0 Å². The summed E-state index contributed by atoms with van der Waals surface area (Å²) in [5.41, 5.74) is 2.24. The third kappa shape index (κ3) is 3.83. The van der Waals surface area contributed by atoms with Crippen LogP contribution in [0.2, 0.25) is 0 Å². The highest BCUT2D eigenvalue weighted by atomic mass is 19.4. The standard InChI is InChI=1S/C18H19F3N6O/c19-18(20,21)15(28)11-26-8-5-12(6-9-26)17-24-23-16-4-3-14(25-27(16)17)13-2-1-7-22-10-13/h1-4,7,10,12,15,28H,5-6,8-9,11H2. The summed E-state index contributed by atoms with van der Waals surface area (Å²) in [6, 6.07) is 7.43. The molecule has 4 rings (SSSR count). The van der Waals surface area contributed by atoms with Gasteiger partial charge in [-0.05, 0) is 50.2 Å². The summed E-state index contributed by atoms with van der Waals surface area (Å²) in [7, 11) is 0. The average Bonchev–Trinajstić information content (AvgIpc) is 3.12. The predicted octanol–water partition coefficient (Wildman–Crippen LogP) is 2.29. The lowest BCUT2D eigenvalue weighted by molar-refractivity contribution is -0.208. The zero-order chi connectivity index (χ0) is 19.7. The van der Waals surface area contributed by atoms with Crippen LogP contribution in [0.25, 0.3) is 16.9 Å². The summed E-state index contributed by atoms with van der Waals surface area (Å²) >= 11 is 0. The number of rotatable bonds is 4. The first-order valence-electron chi connectivity index (χ1n) is 9.02. The molecule has 1 atom stereocenters. The van der Waals surface area contributed by atoms with E-state index in [1.54, 1.807) is 21.8 Å². The van der Waals surface area contributed by atoms with Gasteiger partial charge in [0, 0.05) is 30.4 Å². The molecule has 0 spiro atoms. The molecule has 4 heterocycles. The largest absolute Gasteiger partial charge is 0.415 e. The zero-order valence-electron chi connectivity index (χ0n) is 14.9. The number of alkyl halides is 3. The van der Waals surface area contributed by atoms with Crippen LogP contribution in [0.3, 0.4) is 0 Å². The lowest BCUT2D eigenvalue weighted by Gasteiger charge is -2.32. The molecule has 3 aromatic rings. The Morgan fingerprint density at radius 1 is 1.14 bits per heavy atom. The molecule has 1 unspecified atom stereocenters. The summed E-state index contributed by atoms with van der Waals surface area (Å²) in [5.74, 6) is 0.752. The monoisotopic (exact) mass is 392 g/mol. The molecule has 1 saturated heterocycles. The van der Waals surface area contributed by atoms with E-state index in [0.717, 1.165) is 11.3 Å². The fourth-order valence-electron chi connectivity index (χ4n) is 3.45. The Bertz CT molecular complexity index is 937. The molecule has 0 bridgehead atoms. The van der Waals surface area contributed by atoms with Crippen LogP contribution in [0.5, 0.6) is 0 Å². The lowest BCUT2D eigenvalue weighted by atomic mass is 9.96. The number of aromatic nitrogens is 5. The van der Waals surface area contributed by atoms with E-state index >= 15 is 0 Å². The topological polar surface area (TPSA) is 79.4 Å². The number of nitrogens with zero attached hydrogens (tertiary/aromatic N) is 6. The van der Waals surface area contributed by atoms with Gasteiger partial charge in [0.1, 0.15) is 0 Å². The number of hydrogen-bond acceptors (Lipinski definition) is 6. The Morgan fingerprint density at radius 3 is 2.61 bits per heavy atom. The van der Waals surface area contributed by atoms with Crippen LogP contribution in [0.15, 0.2) is 36.7 Å². The molecule has 0 aliphatic carbocycles. The van der Waals surface area contributed by atoms with Crippen molar-refractivity contribution >= 4 is 5.65 Å². The third-order valence-electron chi connectivity index (χ3n) is 5.01. The van der Waals surface area contributed by atoms with Crippen LogP contribution in [0.1, 0.15) is 24.6 Å². The van der Waals surface area contributed by atoms with Crippen molar-refractivity contribution in [1.29, 1.82) is 0 Å². The minimum atomic E-state index is -4.59. The SMILES string of the molecule is OC(CN1CCC(c2nnc3ccc(-c4cccnc4)nn23)CC1)C(F)(F)F. The number of hydrogen-bond donors (Lipinski definition) is 1. The number of piperidine rings is 1. The summed E-state index contributed by atoms with van der Waals surface area (Å²) in [6.45, 7) is 0.504. The fraction of sp³-hybridized carbons (Fsp3) is 0.444. The van der Waals surface area contributed by atoms with Crippen LogP contribution in [-0.2, 0) is 0 Å². The van der Waals surface area contributed by atoms with Gasteiger partial charge in [-0.25, -0.2) is 0 Å². The Hall–Kier alpha value is -2.59. The predicted molar refractivity (Wildman–Crippen MR) is 94.5 cm³/mol. The van der Waals surface area contributed by atoms with Crippen molar-refractivity contribution in [2.45, 2.75) is 31.0 Å². The first kappa shape index (κ1) is 18.8. The molecular formula is C18H19F3N6O. The summed E-state index contributed by atoms with van der Waals surface area (Å²) in [5, 5.41) is 22.3. The van der Waals surface area contributed by atoms with Gasteiger partial charge in [0.2, 0.25) is 0 Å². The van der Waals surface area contributed by atoms with E-state index in [2.05, 4.69) is 20.3 Å². The fourth-order valence-corrected chi connectivity index (χ4v) is 3.45. The number of aliphatic hydroxyl groups excluding tert-OH is 1. The van der Waals surface area contributed by atoms with E-state index in [-0.39, 0.29) is 5.92 Å².